The monoisotopic (exact) mass is 138 g/mol. The van der Waals surface area contributed by atoms with Crippen LogP contribution in [0.1, 0.15) is 40.0 Å². The van der Waals surface area contributed by atoms with Gasteiger partial charge in [-0.1, -0.05) is 20.8 Å². The first kappa shape index (κ1) is 6.69. The topological polar surface area (TPSA) is 0 Å². The second kappa shape index (κ2) is 1.78. The van der Waals surface area contributed by atoms with Crippen molar-refractivity contribution < 1.29 is 0 Å². The second-order valence-electron chi connectivity index (χ2n) is 5.42. The molecule has 0 aromatic rings. The lowest BCUT2D eigenvalue weighted by Crippen LogP contribution is -2.51. The van der Waals surface area contributed by atoms with E-state index in [4.69, 9.17) is 0 Å². The molecule has 0 aromatic carbocycles. The summed E-state index contributed by atoms with van der Waals surface area (Å²) in [4.78, 5) is 0. The Morgan fingerprint density at radius 3 is 1.70 bits per heavy atom. The van der Waals surface area contributed by atoms with Gasteiger partial charge in [-0.25, -0.2) is 0 Å². The van der Waals surface area contributed by atoms with Crippen LogP contribution < -0.4 is 0 Å². The van der Waals surface area contributed by atoms with Crippen molar-refractivity contribution in [3.05, 3.63) is 0 Å². The minimum Gasteiger partial charge on any atom is -0.0602 e. The first-order valence-electron chi connectivity index (χ1n) is 4.56. The Morgan fingerprint density at radius 1 is 1.10 bits per heavy atom. The Bertz CT molecular complexity index is 127. The van der Waals surface area contributed by atoms with Gasteiger partial charge in [0.05, 0.1) is 0 Å². The van der Waals surface area contributed by atoms with E-state index >= 15 is 0 Å². The van der Waals surface area contributed by atoms with Gasteiger partial charge in [0.1, 0.15) is 0 Å². The highest BCUT2D eigenvalue weighted by molar-refractivity contribution is 5.02. The molecule has 3 rings (SSSR count). The van der Waals surface area contributed by atoms with Crippen LogP contribution in [0.2, 0.25) is 0 Å². The summed E-state index contributed by atoms with van der Waals surface area (Å²) in [5.41, 5.74) is 0.585. The quantitative estimate of drug-likeness (QED) is 0.522. The van der Waals surface area contributed by atoms with E-state index in [1.807, 2.05) is 0 Å². The SMILES string of the molecule is CC(C)(C)CC1C2CC1C2. The molecule has 58 valence electrons. The fourth-order valence-electron chi connectivity index (χ4n) is 2.44. The van der Waals surface area contributed by atoms with E-state index in [0.29, 0.717) is 5.41 Å². The van der Waals surface area contributed by atoms with Gasteiger partial charge in [0, 0.05) is 0 Å². The maximum absolute atomic E-state index is 2.37. The van der Waals surface area contributed by atoms with Crippen molar-refractivity contribution >= 4 is 0 Å². The summed E-state index contributed by atoms with van der Waals surface area (Å²) in [7, 11) is 0. The van der Waals surface area contributed by atoms with Crippen LogP contribution in [0.15, 0.2) is 0 Å². The summed E-state index contributed by atoms with van der Waals surface area (Å²) in [6.07, 6.45) is 4.61. The molecule has 3 aliphatic rings. The van der Waals surface area contributed by atoms with Crippen molar-refractivity contribution in [3.63, 3.8) is 0 Å². The van der Waals surface area contributed by atoms with Gasteiger partial charge in [-0.3, -0.25) is 0 Å². The van der Waals surface area contributed by atoms with Gasteiger partial charge >= 0.3 is 0 Å². The molecule has 0 heterocycles. The Kier molecular flexibility index (Phi) is 1.19. The fraction of sp³-hybridized carbons (Fsp3) is 1.00. The molecule has 3 aliphatic carbocycles. The average molecular weight is 138 g/mol. The zero-order valence-electron chi connectivity index (χ0n) is 7.35. The molecule has 3 saturated carbocycles. The highest BCUT2D eigenvalue weighted by Crippen LogP contribution is 2.61. The molecule has 0 atom stereocenters. The summed E-state index contributed by atoms with van der Waals surface area (Å²) >= 11 is 0. The molecule has 3 fully saturated rings. The van der Waals surface area contributed by atoms with Crippen molar-refractivity contribution in [2.45, 2.75) is 40.0 Å². The molecule has 0 saturated heterocycles. The van der Waals surface area contributed by atoms with Gasteiger partial charge in [0.2, 0.25) is 0 Å². The standard InChI is InChI=1S/C10H18/c1-10(2,3)6-9-7-4-8(9)5-7/h7-9H,4-6H2,1-3H3. The highest BCUT2D eigenvalue weighted by atomic mass is 14.6. The molecule has 0 unspecified atom stereocenters. The first-order valence-corrected chi connectivity index (χ1v) is 4.56. The molecule has 0 spiro atoms. The zero-order valence-corrected chi connectivity index (χ0v) is 7.35. The van der Waals surface area contributed by atoms with E-state index in [9.17, 15) is 0 Å². The summed E-state index contributed by atoms with van der Waals surface area (Å²) in [5.74, 6) is 3.45. The van der Waals surface area contributed by atoms with Gasteiger partial charge < -0.3 is 0 Å². The maximum Gasteiger partial charge on any atom is -0.0352 e. The molecule has 0 N–H and O–H groups in total. The molecule has 0 heteroatoms. The zero-order chi connectivity index (χ0) is 7.35. The van der Waals surface area contributed by atoms with Crippen LogP contribution in [0.4, 0.5) is 0 Å². The Balaban J connectivity index is 1.82. The summed E-state index contributed by atoms with van der Waals surface area (Å²) in [5, 5.41) is 0. The summed E-state index contributed by atoms with van der Waals surface area (Å²) in [6, 6.07) is 0. The van der Waals surface area contributed by atoms with Gasteiger partial charge in [0.25, 0.3) is 0 Å². The smallest absolute Gasteiger partial charge is 0.0352 e. The third-order valence-electron chi connectivity index (χ3n) is 3.27. The number of hydrogen-bond acceptors (Lipinski definition) is 0. The number of hydrogen-bond donors (Lipinski definition) is 0. The third kappa shape index (κ3) is 0.889. The molecule has 10 heavy (non-hydrogen) atoms. The lowest BCUT2D eigenvalue weighted by atomic mass is 9.45. The minimum absolute atomic E-state index is 0.585. The van der Waals surface area contributed by atoms with Crippen LogP contribution in [-0.4, -0.2) is 0 Å². The van der Waals surface area contributed by atoms with E-state index in [2.05, 4.69) is 20.8 Å². The van der Waals surface area contributed by atoms with Crippen molar-refractivity contribution in [1.29, 1.82) is 0 Å². The largest absolute Gasteiger partial charge is 0.0602 e. The van der Waals surface area contributed by atoms with Crippen LogP contribution >= 0.6 is 0 Å². The average Bonchev–Trinajstić information content (AvgIpc) is 1.51. The van der Waals surface area contributed by atoms with E-state index in [1.54, 1.807) is 12.8 Å². The van der Waals surface area contributed by atoms with Crippen LogP contribution in [0.25, 0.3) is 0 Å². The Labute approximate surface area is 64.0 Å². The van der Waals surface area contributed by atoms with Gasteiger partial charge in [-0.15, -0.1) is 0 Å². The molecule has 0 nitrogen and oxygen atoms in total. The molecular weight excluding hydrogens is 120 g/mol. The maximum atomic E-state index is 2.37. The Hall–Kier alpha value is 0. The van der Waals surface area contributed by atoms with Crippen LogP contribution in [0, 0.1) is 23.2 Å². The summed E-state index contributed by atoms with van der Waals surface area (Å²) < 4.78 is 0. The summed E-state index contributed by atoms with van der Waals surface area (Å²) in [6.45, 7) is 7.10. The van der Waals surface area contributed by atoms with Crippen LogP contribution in [-0.2, 0) is 0 Å². The van der Waals surface area contributed by atoms with E-state index in [0.717, 1.165) is 17.8 Å². The van der Waals surface area contributed by atoms with Crippen molar-refractivity contribution in [3.8, 4) is 0 Å². The Morgan fingerprint density at radius 2 is 1.60 bits per heavy atom. The van der Waals surface area contributed by atoms with Gasteiger partial charge in [-0.2, -0.15) is 0 Å². The highest BCUT2D eigenvalue weighted by Gasteiger charge is 2.52. The predicted octanol–water partition coefficient (Wildman–Crippen LogP) is 3.08. The lowest BCUT2D eigenvalue weighted by molar-refractivity contribution is -0.0999. The third-order valence-corrected chi connectivity index (χ3v) is 3.27. The van der Waals surface area contributed by atoms with Crippen molar-refractivity contribution in [2.75, 3.05) is 0 Å². The van der Waals surface area contributed by atoms with E-state index in [1.165, 1.54) is 6.42 Å². The van der Waals surface area contributed by atoms with E-state index in [-0.39, 0.29) is 0 Å². The molecule has 2 bridgehead atoms. The normalized spacial score (nSPS) is 44.1. The van der Waals surface area contributed by atoms with Crippen LogP contribution in [0.3, 0.4) is 0 Å². The van der Waals surface area contributed by atoms with Gasteiger partial charge in [0.15, 0.2) is 0 Å². The van der Waals surface area contributed by atoms with Crippen molar-refractivity contribution in [1.82, 2.24) is 0 Å². The number of rotatable bonds is 1. The molecule has 0 amide bonds. The molecule has 0 radical (unpaired) electrons. The second-order valence-corrected chi connectivity index (χ2v) is 5.42. The minimum atomic E-state index is 0.585. The lowest BCUT2D eigenvalue weighted by Gasteiger charge is -2.60. The van der Waals surface area contributed by atoms with Crippen molar-refractivity contribution in [2.24, 2.45) is 23.2 Å². The molecule has 0 aromatic heterocycles. The first-order chi connectivity index (χ1) is 4.56. The molecular formula is C10H18. The fourth-order valence-corrected chi connectivity index (χ4v) is 2.44. The predicted molar refractivity (Wildman–Crippen MR) is 43.8 cm³/mol. The van der Waals surface area contributed by atoms with E-state index < -0.39 is 0 Å². The van der Waals surface area contributed by atoms with Gasteiger partial charge in [-0.05, 0) is 42.4 Å². The van der Waals surface area contributed by atoms with Crippen LogP contribution in [0.5, 0.6) is 0 Å². The molecule has 0 aliphatic heterocycles.